The molecule has 0 bridgehead atoms. The first kappa shape index (κ1) is 24.2. The first-order valence-corrected chi connectivity index (χ1v) is 9.38. The van der Waals surface area contributed by atoms with Crippen LogP contribution in [0.1, 0.15) is 37.7 Å². The van der Waals surface area contributed by atoms with Gasteiger partial charge in [-0.25, -0.2) is 4.39 Å². The number of ether oxygens (including phenoxy) is 1. The van der Waals surface area contributed by atoms with E-state index in [0.717, 1.165) is 18.5 Å². The number of aromatic nitrogens is 2. The van der Waals surface area contributed by atoms with Crippen molar-refractivity contribution in [3.05, 3.63) is 47.0 Å². The quantitative estimate of drug-likeness (QED) is 0.329. The SMILES string of the molecule is CCc1nn(C)c(CC)c1CNC(=NC)NCC(C)Oc1ccc(F)cc1.I. The molecule has 0 amide bonds. The Hall–Kier alpha value is -1.84. The molecular weight excluding hydrogens is 472 g/mol. The van der Waals surface area contributed by atoms with Crippen LogP contribution >= 0.6 is 24.0 Å². The Morgan fingerprint density at radius 1 is 1.21 bits per heavy atom. The number of nitrogens with zero attached hydrogens (tertiary/aromatic N) is 3. The zero-order chi connectivity index (χ0) is 19.8. The van der Waals surface area contributed by atoms with Gasteiger partial charge in [-0.05, 0) is 44.0 Å². The van der Waals surface area contributed by atoms with Crippen LogP contribution in [0.15, 0.2) is 29.3 Å². The minimum atomic E-state index is -0.272. The summed E-state index contributed by atoms with van der Waals surface area (Å²) in [5.74, 6) is 1.08. The molecule has 2 aromatic rings. The lowest BCUT2D eigenvalue weighted by molar-refractivity contribution is 0.223. The lowest BCUT2D eigenvalue weighted by Crippen LogP contribution is -2.41. The molecule has 28 heavy (non-hydrogen) atoms. The Morgan fingerprint density at radius 3 is 2.46 bits per heavy atom. The van der Waals surface area contributed by atoms with E-state index in [1.165, 1.54) is 23.4 Å². The molecule has 2 rings (SSSR count). The summed E-state index contributed by atoms with van der Waals surface area (Å²) in [6, 6.07) is 6.03. The summed E-state index contributed by atoms with van der Waals surface area (Å²) < 4.78 is 20.7. The molecule has 1 unspecified atom stereocenters. The van der Waals surface area contributed by atoms with E-state index in [4.69, 9.17) is 4.74 Å². The molecule has 1 aromatic heterocycles. The summed E-state index contributed by atoms with van der Waals surface area (Å²) in [6.07, 6.45) is 1.75. The van der Waals surface area contributed by atoms with Crippen molar-refractivity contribution in [3.8, 4) is 5.75 Å². The summed E-state index contributed by atoms with van der Waals surface area (Å²) in [7, 11) is 3.73. The Bertz CT molecular complexity index is 761. The Morgan fingerprint density at radius 2 is 1.89 bits per heavy atom. The summed E-state index contributed by atoms with van der Waals surface area (Å²) in [6.45, 7) is 7.46. The molecule has 1 atom stereocenters. The van der Waals surface area contributed by atoms with Gasteiger partial charge < -0.3 is 15.4 Å². The van der Waals surface area contributed by atoms with Crippen LogP contribution in [0, 0.1) is 5.82 Å². The predicted molar refractivity (Wildman–Crippen MR) is 122 cm³/mol. The summed E-state index contributed by atoms with van der Waals surface area (Å²) >= 11 is 0. The van der Waals surface area contributed by atoms with Gasteiger partial charge in [-0.15, -0.1) is 24.0 Å². The van der Waals surface area contributed by atoms with Gasteiger partial charge in [-0.3, -0.25) is 9.67 Å². The highest BCUT2D eigenvalue weighted by Gasteiger charge is 2.14. The van der Waals surface area contributed by atoms with Crippen molar-refractivity contribution in [3.63, 3.8) is 0 Å². The number of hydrogen-bond acceptors (Lipinski definition) is 3. The van der Waals surface area contributed by atoms with Crippen molar-refractivity contribution in [2.75, 3.05) is 13.6 Å². The van der Waals surface area contributed by atoms with Gasteiger partial charge in [0.15, 0.2) is 5.96 Å². The third-order valence-corrected chi connectivity index (χ3v) is 4.39. The largest absolute Gasteiger partial charge is 0.489 e. The first-order valence-electron chi connectivity index (χ1n) is 9.38. The second kappa shape index (κ2) is 11.9. The monoisotopic (exact) mass is 503 g/mol. The zero-order valence-electron chi connectivity index (χ0n) is 17.3. The number of rotatable bonds is 8. The highest BCUT2D eigenvalue weighted by atomic mass is 127. The minimum absolute atomic E-state index is 0. The zero-order valence-corrected chi connectivity index (χ0v) is 19.6. The molecule has 0 saturated heterocycles. The molecule has 0 saturated carbocycles. The maximum Gasteiger partial charge on any atom is 0.191 e. The summed E-state index contributed by atoms with van der Waals surface area (Å²) in [4.78, 5) is 4.27. The molecule has 0 aliphatic heterocycles. The second-order valence-electron chi connectivity index (χ2n) is 6.39. The van der Waals surface area contributed by atoms with E-state index in [-0.39, 0.29) is 35.9 Å². The Balaban J connectivity index is 0.00000392. The van der Waals surface area contributed by atoms with E-state index < -0.39 is 0 Å². The number of halogens is 2. The highest BCUT2D eigenvalue weighted by Crippen LogP contribution is 2.15. The molecule has 6 nitrogen and oxygen atoms in total. The molecule has 0 aliphatic rings. The number of aryl methyl sites for hydroxylation is 2. The average Bonchev–Trinajstić information content (AvgIpc) is 2.98. The van der Waals surface area contributed by atoms with Gasteiger partial charge in [-0.2, -0.15) is 5.10 Å². The van der Waals surface area contributed by atoms with Crippen molar-refractivity contribution in [2.24, 2.45) is 12.0 Å². The summed E-state index contributed by atoms with van der Waals surface area (Å²) in [5, 5.41) is 11.2. The third-order valence-electron chi connectivity index (χ3n) is 4.39. The van der Waals surface area contributed by atoms with Gasteiger partial charge in [0.1, 0.15) is 17.7 Å². The van der Waals surface area contributed by atoms with Gasteiger partial charge in [0, 0.05) is 31.9 Å². The van der Waals surface area contributed by atoms with Gasteiger partial charge in [0.25, 0.3) is 0 Å². The maximum atomic E-state index is 13.0. The Kier molecular flexibility index (Phi) is 10.3. The molecule has 156 valence electrons. The van der Waals surface area contributed by atoms with E-state index in [1.54, 1.807) is 19.2 Å². The Labute approximate surface area is 184 Å². The fourth-order valence-corrected chi connectivity index (χ4v) is 3.01. The molecule has 1 aromatic carbocycles. The van der Waals surface area contributed by atoms with E-state index in [2.05, 4.69) is 34.6 Å². The lowest BCUT2D eigenvalue weighted by Gasteiger charge is -2.18. The van der Waals surface area contributed by atoms with Crippen molar-refractivity contribution in [2.45, 2.75) is 46.3 Å². The van der Waals surface area contributed by atoms with Gasteiger partial charge in [-0.1, -0.05) is 13.8 Å². The van der Waals surface area contributed by atoms with Crippen LogP contribution in [0.5, 0.6) is 5.75 Å². The first-order chi connectivity index (χ1) is 13.0. The van der Waals surface area contributed by atoms with Crippen LogP contribution in [-0.2, 0) is 26.4 Å². The molecular formula is C20H31FIN5O. The van der Waals surface area contributed by atoms with Crippen molar-refractivity contribution in [1.29, 1.82) is 0 Å². The molecule has 0 radical (unpaired) electrons. The van der Waals surface area contributed by atoms with Crippen LogP contribution in [0.4, 0.5) is 4.39 Å². The van der Waals surface area contributed by atoms with Crippen LogP contribution in [0.2, 0.25) is 0 Å². The number of guanidine groups is 1. The van der Waals surface area contributed by atoms with Gasteiger partial charge >= 0.3 is 0 Å². The minimum Gasteiger partial charge on any atom is -0.489 e. The van der Waals surface area contributed by atoms with Crippen LogP contribution < -0.4 is 15.4 Å². The standard InChI is InChI=1S/C20H30FN5O.HI/c1-6-18-17(19(7-2)26(5)25-18)13-24-20(22-4)23-12-14(3)27-16-10-8-15(21)9-11-16;/h8-11,14H,6-7,12-13H2,1-5H3,(H2,22,23,24);1H. The summed E-state index contributed by atoms with van der Waals surface area (Å²) in [5.41, 5.74) is 3.59. The number of nitrogens with one attached hydrogen (secondary N) is 2. The van der Waals surface area contributed by atoms with Crippen molar-refractivity contribution < 1.29 is 9.13 Å². The van der Waals surface area contributed by atoms with E-state index >= 15 is 0 Å². The third kappa shape index (κ3) is 6.65. The highest BCUT2D eigenvalue weighted by molar-refractivity contribution is 14.0. The molecule has 0 fully saturated rings. The second-order valence-corrected chi connectivity index (χ2v) is 6.39. The molecule has 2 N–H and O–H groups in total. The van der Waals surface area contributed by atoms with Crippen LogP contribution in [-0.4, -0.2) is 35.4 Å². The normalized spacial score (nSPS) is 12.3. The van der Waals surface area contributed by atoms with E-state index in [0.29, 0.717) is 24.8 Å². The van der Waals surface area contributed by atoms with Gasteiger partial charge in [0.05, 0.1) is 12.2 Å². The predicted octanol–water partition coefficient (Wildman–Crippen LogP) is 3.43. The van der Waals surface area contributed by atoms with Crippen LogP contribution in [0.25, 0.3) is 0 Å². The lowest BCUT2D eigenvalue weighted by atomic mass is 10.1. The fourth-order valence-electron chi connectivity index (χ4n) is 3.01. The molecule has 0 spiro atoms. The smallest absolute Gasteiger partial charge is 0.191 e. The average molecular weight is 503 g/mol. The number of hydrogen-bond donors (Lipinski definition) is 2. The molecule has 1 heterocycles. The van der Waals surface area contributed by atoms with E-state index in [1.807, 2.05) is 18.7 Å². The topological polar surface area (TPSA) is 63.5 Å². The van der Waals surface area contributed by atoms with Gasteiger partial charge in [0.2, 0.25) is 0 Å². The molecule has 0 aliphatic carbocycles. The maximum absolute atomic E-state index is 13.0. The van der Waals surface area contributed by atoms with Crippen molar-refractivity contribution in [1.82, 2.24) is 20.4 Å². The molecule has 8 heteroatoms. The van der Waals surface area contributed by atoms with Crippen LogP contribution in [0.3, 0.4) is 0 Å². The van der Waals surface area contributed by atoms with E-state index in [9.17, 15) is 4.39 Å². The fraction of sp³-hybridized carbons (Fsp3) is 0.500. The number of benzene rings is 1. The number of aliphatic imine (C=N–C) groups is 1. The van der Waals surface area contributed by atoms with Crippen molar-refractivity contribution >= 4 is 29.9 Å².